The van der Waals surface area contributed by atoms with E-state index in [1.807, 2.05) is 18.2 Å². The third kappa shape index (κ3) is 4.20. The lowest BCUT2D eigenvalue weighted by Gasteiger charge is -2.14. The summed E-state index contributed by atoms with van der Waals surface area (Å²) < 4.78 is 10.5. The van der Waals surface area contributed by atoms with Crippen molar-refractivity contribution >= 4 is 0 Å². The van der Waals surface area contributed by atoms with Crippen molar-refractivity contribution in [2.75, 3.05) is 27.4 Å². The van der Waals surface area contributed by atoms with Gasteiger partial charge < -0.3 is 19.9 Å². The van der Waals surface area contributed by atoms with Gasteiger partial charge in [-0.1, -0.05) is 6.92 Å². The molecule has 0 amide bonds. The highest BCUT2D eigenvalue weighted by Crippen LogP contribution is 2.23. The predicted octanol–water partition coefficient (Wildman–Crippen LogP) is 1.81. The Hall–Kier alpha value is -1.26. The molecule has 0 aliphatic rings. The van der Waals surface area contributed by atoms with Crippen LogP contribution in [-0.2, 0) is 6.54 Å². The fraction of sp³-hybridized carbons (Fsp3) is 0.571. The zero-order valence-corrected chi connectivity index (χ0v) is 11.4. The van der Waals surface area contributed by atoms with Gasteiger partial charge in [-0.15, -0.1) is 0 Å². The van der Waals surface area contributed by atoms with Crippen LogP contribution in [0, 0.1) is 5.92 Å². The number of ether oxygens (including phenoxy) is 2. The molecule has 0 aromatic heterocycles. The topological polar surface area (TPSA) is 50.7 Å². The van der Waals surface area contributed by atoms with Crippen LogP contribution in [0.4, 0.5) is 0 Å². The second-order valence-electron chi connectivity index (χ2n) is 4.27. The maximum atomic E-state index is 9.12. The predicted molar refractivity (Wildman–Crippen MR) is 72.1 cm³/mol. The first-order chi connectivity index (χ1) is 8.74. The molecule has 0 aliphatic carbocycles. The standard InChI is InChI=1S/C14H23NO3/c1-4-11(10-16)8-15-9-12-7-13(17-2)5-6-14(12)18-3/h5-7,11,15-16H,4,8-10H2,1-3H3. The summed E-state index contributed by atoms with van der Waals surface area (Å²) in [6.07, 6.45) is 0.971. The van der Waals surface area contributed by atoms with E-state index in [1.165, 1.54) is 0 Å². The molecular formula is C14H23NO3. The highest BCUT2D eigenvalue weighted by molar-refractivity contribution is 5.40. The number of hydrogen-bond acceptors (Lipinski definition) is 4. The number of hydrogen-bond donors (Lipinski definition) is 2. The molecule has 4 heteroatoms. The molecule has 0 bridgehead atoms. The Bertz CT molecular complexity index is 351. The fourth-order valence-corrected chi connectivity index (χ4v) is 1.77. The molecule has 0 heterocycles. The minimum absolute atomic E-state index is 0.221. The van der Waals surface area contributed by atoms with E-state index in [1.54, 1.807) is 14.2 Å². The van der Waals surface area contributed by atoms with E-state index in [4.69, 9.17) is 14.6 Å². The molecule has 4 nitrogen and oxygen atoms in total. The van der Waals surface area contributed by atoms with Crippen LogP contribution in [0.25, 0.3) is 0 Å². The van der Waals surface area contributed by atoms with E-state index in [9.17, 15) is 0 Å². The molecule has 102 valence electrons. The van der Waals surface area contributed by atoms with Crippen LogP contribution in [0.5, 0.6) is 11.5 Å². The summed E-state index contributed by atoms with van der Waals surface area (Å²) in [6, 6.07) is 5.75. The molecule has 1 atom stereocenters. The number of benzene rings is 1. The molecular weight excluding hydrogens is 230 g/mol. The van der Waals surface area contributed by atoms with E-state index in [-0.39, 0.29) is 6.61 Å². The van der Waals surface area contributed by atoms with E-state index < -0.39 is 0 Å². The number of rotatable bonds is 8. The Balaban J connectivity index is 2.59. The molecule has 1 aromatic carbocycles. The Labute approximate surface area is 109 Å². The van der Waals surface area contributed by atoms with Crippen molar-refractivity contribution in [2.24, 2.45) is 5.92 Å². The Morgan fingerprint density at radius 2 is 2.06 bits per heavy atom. The van der Waals surface area contributed by atoms with E-state index in [0.717, 1.165) is 30.0 Å². The van der Waals surface area contributed by atoms with Gasteiger partial charge >= 0.3 is 0 Å². The molecule has 2 N–H and O–H groups in total. The molecule has 1 rings (SSSR count). The highest BCUT2D eigenvalue weighted by Gasteiger charge is 2.07. The summed E-state index contributed by atoms with van der Waals surface area (Å²) >= 11 is 0. The first-order valence-electron chi connectivity index (χ1n) is 6.27. The lowest BCUT2D eigenvalue weighted by molar-refractivity contribution is 0.218. The molecule has 0 saturated carbocycles. The zero-order valence-electron chi connectivity index (χ0n) is 11.4. The molecule has 1 unspecified atom stereocenters. The first kappa shape index (κ1) is 14.8. The fourth-order valence-electron chi connectivity index (χ4n) is 1.77. The quantitative estimate of drug-likeness (QED) is 0.742. The second kappa shape index (κ2) is 7.95. The Morgan fingerprint density at radius 1 is 1.28 bits per heavy atom. The second-order valence-corrected chi connectivity index (χ2v) is 4.27. The maximum Gasteiger partial charge on any atom is 0.123 e. The Morgan fingerprint density at radius 3 is 2.61 bits per heavy atom. The monoisotopic (exact) mass is 253 g/mol. The van der Waals surface area contributed by atoms with Crippen molar-refractivity contribution in [1.29, 1.82) is 0 Å². The van der Waals surface area contributed by atoms with Gasteiger partial charge in [-0.3, -0.25) is 0 Å². The van der Waals surface area contributed by atoms with Gasteiger partial charge in [-0.05, 0) is 30.5 Å². The molecule has 0 aliphatic heterocycles. The zero-order chi connectivity index (χ0) is 13.4. The molecule has 0 fully saturated rings. The summed E-state index contributed by atoms with van der Waals surface area (Å²) in [5, 5.41) is 12.5. The summed E-state index contributed by atoms with van der Waals surface area (Å²) in [6.45, 7) is 3.80. The van der Waals surface area contributed by atoms with Crippen LogP contribution in [0.15, 0.2) is 18.2 Å². The molecule has 0 spiro atoms. The van der Waals surface area contributed by atoms with Crippen molar-refractivity contribution in [1.82, 2.24) is 5.32 Å². The van der Waals surface area contributed by atoms with Gasteiger partial charge in [0.2, 0.25) is 0 Å². The van der Waals surface area contributed by atoms with Crippen LogP contribution in [-0.4, -0.2) is 32.5 Å². The average Bonchev–Trinajstić information content (AvgIpc) is 2.43. The van der Waals surface area contributed by atoms with Crippen molar-refractivity contribution in [3.63, 3.8) is 0 Å². The van der Waals surface area contributed by atoms with Crippen LogP contribution < -0.4 is 14.8 Å². The number of aliphatic hydroxyl groups is 1. The third-order valence-electron chi connectivity index (χ3n) is 3.07. The maximum absolute atomic E-state index is 9.12. The first-order valence-corrected chi connectivity index (χ1v) is 6.27. The van der Waals surface area contributed by atoms with Crippen molar-refractivity contribution in [3.8, 4) is 11.5 Å². The molecule has 0 radical (unpaired) electrons. The normalized spacial score (nSPS) is 12.2. The van der Waals surface area contributed by atoms with E-state index >= 15 is 0 Å². The van der Waals surface area contributed by atoms with Crippen LogP contribution in [0.3, 0.4) is 0 Å². The summed E-state index contributed by atoms with van der Waals surface area (Å²) in [4.78, 5) is 0. The van der Waals surface area contributed by atoms with Crippen LogP contribution in [0.1, 0.15) is 18.9 Å². The number of aliphatic hydroxyl groups excluding tert-OH is 1. The molecule has 0 saturated heterocycles. The van der Waals surface area contributed by atoms with E-state index in [2.05, 4.69) is 12.2 Å². The largest absolute Gasteiger partial charge is 0.497 e. The summed E-state index contributed by atoms with van der Waals surface area (Å²) in [5.41, 5.74) is 1.06. The SMILES string of the molecule is CCC(CO)CNCc1cc(OC)ccc1OC. The van der Waals surface area contributed by atoms with Gasteiger partial charge in [0.1, 0.15) is 11.5 Å². The number of methoxy groups -OCH3 is 2. The van der Waals surface area contributed by atoms with Crippen LogP contribution >= 0.6 is 0 Å². The smallest absolute Gasteiger partial charge is 0.123 e. The third-order valence-corrected chi connectivity index (χ3v) is 3.07. The summed E-state index contributed by atoms with van der Waals surface area (Å²) in [7, 11) is 3.31. The van der Waals surface area contributed by atoms with Gasteiger partial charge in [0.15, 0.2) is 0 Å². The lowest BCUT2D eigenvalue weighted by atomic mass is 10.1. The average molecular weight is 253 g/mol. The highest BCUT2D eigenvalue weighted by atomic mass is 16.5. The van der Waals surface area contributed by atoms with Gasteiger partial charge in [0.25, 0.3) is 0 Å². The van der Waals surface area contributed by atoms with Crippen molar-refractivity contribution in [3.05, 3.63) is 23.8 Å². The minimum Gasteiger partial charge on any atom is -0.497 e. The number of nitrogens with one attached hydrogen (secondary N) is 1. The van der Waals surface area contributed by atoms with Gasteiger partial charge in [0, 0.05) is 25.3 Å². The molecule has 18 heavy (non-hydrogen) atoms. The lowest BCUT2D eigenvalue weighted by Crippen LogP contribution is -2.24. The summed E-state index contributed by atoms with van der Waals surface area (Å²) in [5.74, 6) is 1.98. The molecule has 1 aromatic rings. The van der Waals surface area contributed by atoms with Crippen molar-refractivity contribution < 1.29 is 14.6 Å². The van der Waals surface area contributed by atoms with Crippen LogP contribution in [0.2, 0.25) is 0 Å². The Kier molecular flexibility index (Phi) is 6.54. The van der Waals surface area contributed by atoms with E-state index in [0.29, 0.717) is 12.5 Å². The van der Waals surface area contributed by atoms with Gasteiger partial charge in [-0.25, -0.2) is 0 Å². The van der Waals surface area contributed by atoms with Gasteiger partial charge in [-0.2, -0.15) is 0 Å². The minimum atomic E-state index is 0.221. The van der Waals surface area contributed by atoms with Crippen molar-refractivity contribution in [2.45, 2.75) is 19.9 Å². The van der Waals surface area contributed by atoms with Gasteiger partial charge in [0.05, 0.1) is 14.2 Å².